The normalized spacial score (nSPS) is 11.2. The van der Waals surface area contributed by atoms with E-state index >= 15 is 0 Å². The predicted molar refractivity (Wildman–Crippen MR) is 65.6 cm³/mol. The maximum absolute atomic E-state index is 11.3. The van der Waals surface area contributed by atoms with Crippen LogP contribution in [0.2, 0.25) is 0 Å². The lowest BCUT2D eigenvalue weighted by atomic mass is 10.4. The van der Waals surface area contributed by atoms with Crippen LogP contribution in [0.5, 0.6) is 0 Å². The molecule has 1 aromatic rings. The van der Waals surface area contributed by atoms with E-state index in [1.165, 1.54) is 11.0 Å². The molecule has 1 rings (SSSR count). The number of esters is 1. The molecule has 0 aromatic carbocycles. The van der Waals surface area contributed by atoms with Crippen molar-refractivity contribution < 1.29 is 18.8 Å². The van der Waals surface area contributed by atoms with Crippen LogP contribution >= 0.6 is 0 Å². The molecule has 17 heavy (non-hydrogen) atoms. The monoisotopic (exact) mass is 238 g/mol. The summed E-state index contributed by atoms with van der Waals surface area (Å²) in [7, 11) is 0. The van der Waals surface area contributed by atoms with Gasteiger partial charge in [0.2, 0.25) is 0 Å². The highest BCUT2D eigenvalue weighted by Gasteiger charge is 2.04. The first kappa shape index (κ1) is 13.5. The highest BCUT2D eigenvalue weighted by Crippen LogP contribution is 2.01. The molecule has 0 radical (unpaired) electrons. The van der Waals surface area contributed by atoms with Crippen LogP contribution in [0, 0.1) is 0 Å². The van der Waals surface area contributed by atoms with Crippen LogP contribution < -0.4 is 4.90 Å². The summed E-state index contributed by atoms with van der Waals surface area (Å²) < 4.78 is 10.1. The second-order valence-corrected chi connectivity index (χ2v) is 3.72. The number of rotatable bonds is 7. The Balaban J connectivity index is 2.21. The number of hydrogen-bond donors (Lipinski definition) is 1. The number of hydrogen-bond acceptors (Lipinski definition) is 3. The van der Waals surface area contributed by atoms with Crippen molar-refractivity contribution in [3.05, 3.63) is 30.2 Å². The van der Waals surface area contributed by atoms with Gasteiger partial charge in [-0.3, -0.25) is 0 Å². The molecule has 1 aromatic heterocycles. The van der Waals surface area contributed by atoms with E-state index in [-0.39, 0.29) is 5.97 Å². The van der Waals surface area contributed by atoms with Gasteiger partial charge >= 0.3 is 5.97 Å². The maximum atomic E-state index is 11.3. The lowest BCUT2D eigenvalue weighted by Gasteiger charge is -2.14. The first-order valence-electron chi connectivity index (χ1n) is 5.98. The number of ether oxygens (including phenoxy) is 1. The molecule has 1 heterocycles. The van der Waals surface area contributed by atoms with Crippen LogP contribution in [0.1, 0.15) is 19.6 Å². The molecule has 1 N–H and O–H groups in total. The summed E-state index contributed by atoms with van der Waals surface area (Å²) in [6.07, 6.45) is 4.55. The first-order valence-corrected chi connectivity index (χ1v) is 5.98. The molecule has 0 atom stereocenters. The molecule has 0 bridgehead atoms. The van der Waals surface area contributed by atoms with Gasteiger partial charge in [0.05, 0.1) is 19.4 Å². The molecule has 94 valence electrons. The van der Waals surface area contributed by atoms with Gasteiger partial charge in [-0.15, -0.1) is 0 Å². The summed E-state index contributed by atoms with van der Waals surface area (Å²) in [5.41, 5.74) is 0. The minimum absolute atomic E-state index is 0.326. The minimum atomic E-state index is -0.326. The standard InChI is InChI=1S/C13H19NO3/c1-3-14(4-2)9-11-17-13(15)8-7-12-6-5-10-16-12/h5-8,10H,3-4,9,11H2,1-2H3/p+1. The molecule has 0 aliphatic heterocycles. The zero-order valence-electron chi connectivity index (χ0n) is 10.4. The minimum Gasteiger partial charge on any atom is -0.465 e. The van der Waals surface area contributed by atoms with Gasteiger partial charge in [-0.2, -0.15) is 0 Å². The third-order valence-corrected chi connectivity index (χ3v) is 2.63. The Morgan fingerprint density at radius 1 is 1.47 bits per heavy atom. The molecule has 0 aliphatic carbocycles. The van der Waals surface area contributed by atoms with Crippen LogP contribution in [-0.2, 0) is 9.53 Å². The van der Waals surface area contributed by atoms with Gasteiger partial charge in [0.15, 0.2) is 0 Å². The average molecular weight is 238 g/mol. The zero-order valence-corrected chi connectivity index (χ0v) is 10.4. The fraction of sp³-hybridized carbons (Fsp3) is 0.462. The summed E-state index contributed by atoms with van der Waals surface area (Å²) in [6.45, 7) is 7.66. The van der Waals surface area contributed by atoms with Crippen molar-refractivity contribution in [3.63, 3.8) is 0 Å². The molecule has 0 saturated carbocycles. The van der Waals surface area contributed by atoms with E-state index in [1.54, 1.807) is 24.5 Å². The quantitative estimate of drug-likeness (QED) is 0.563. The molecule has 0 aliphatic rings. The fourth-order valence-corrected chi connectivity index (χ4v) is 1.48. The Kier molecular flexibility index (Phi) is 6.10. The van der Waals surface area contributed by atoms with Crippen molar-refractivity contribution in [2.24, 2.45) is 0 Å². The third kappa shape index (κ3) is 5.36. The molecule has 0 unspecified atom stereocenters. The van der Waals surface area contributed by atoms with Gasteiger partial charge in [0, 0.05) is 6.08 Å². The van der Waals surface area contributed by atoms with Crippen molar-refractivity contribution in [2.75, 3.05) is 26.2 Å². The Morgan fingerprint density at radius 3 is 2.82 bits per heavy atom. The summed E-state index contributed by atoms with van der Waals surface area (Å²) in [6, 6.07) is 3.55. The number of furan rings is 1. The Labute approximate surface area is 102 Å². The lowest BCUT2D eigenvalue weighted by Crippen LogP contribution is -3.11. The molecule has 0 saturated heterocycles. The van der Waals surface area contributed by atoms with Crippen molar-refractivity contribution in [3.8, 4) is 0 Å². The molecule has 4 nitrogen and oxygen atoms in total. The van der Waals surface area contributed by atoms with E-state index in [2.05, 4.69) is 13.8 Å². The summed E-state index contributed by atoms with van der Waals surface area (Å²) in [5.74, 6) is 0.323. The Bertz CT molecular complexity index is 340. The summed E-state index contributed by atoms with van der Waals surface area (Å²) >= 11 is 0. The van der Waals surface area contributed by atoms with Crippen molar-refractivity contribution in [1.82, 2.24) is 0 Å². The van der Waals surface area contributed by atoms with E-state index in [9.17, 15) is 4.79 Å². The molecule has 4 heteroatoms. The number of nitrogens with one attached hydrogen (secondary N) is 1. The van der Waals surface area contributed by atoms with Crippen molar-refractivity contribution in [1.29, 1.82) is 0 Å². The summed E-state index contributed by atoms with van der Waals surface area (Å²) in [4.78, 5) is 12.8. The van der Waals surface area contributed by atoms with Crippen LogP contribution in [-0.4, -0.2) is 32.2 Å². The van der Waals surface area contributed by atoms with E-state index in [0.29, 0.717) is 12.4 Å². The van der Waals surface area contributed by atoms with Gasteiger partial charge in [0.25, 0.3) is 0 Å². The van der Waals surface area contributed by atoms with Crippen LogP contribution in [0.15, 0.2) is 28.9 Å². The highest BCUT2D eigenvalue weighted by atomic mass is 16.5. The van der Waals surface area contributed by atoms with Crippen molar-refractivity contribution in [2.45, 2.75) is 13.8 Å². The van der Waals surface area contributed by atoms with Gasteiger partial charge in [-0.25, -0.2) is 4.79 Å². The molecule has 0 amide bonds. The maximum Gasteiger partial charge on any atom is 0.331 e. The first-order chi connectivity index (χ1) is 8.26. The van der Waals surface area contributed by atoms with Crippen molar-refractivity contribution >= 4 is 12.0 Å². The number of carbonyl (C=O) groups excluding carboxylic acids is 1. The number of carbonyl (C=O) groups is 1. The average Bonchev–Trinajstić information content (AvgIpc) is 2.85. The smallest absolute Gasteiger partial charge is 0.331 e. The largest absolute Gasteiger partial charge is 0.465 e. The lowest BCUT2D eigenvalue weighted by molar-refractivity contribution is -0.896. The zero-order chi connectivity index (χ0) is 12.5. The third-order valence-electron chi connectivity index (χ3n) is 2.63. The number of quaternary nitrogens is 1. The van der Waals surface area contributed by atoms with Gasteiger partial charge in [-0.05, 0) is 32.1 Å². The second kappa shape index (κ2) is 7.68. The summed E-state index contributed by atoms with van der Waals surface area (Å²) in [5, 5.41) is 0. The highest BCUT2D eigenvalue weighted by molar-refractivity contribution is 5.86. The van der Waals surface area contributed by atoms with Crippen LogP contribution in [0.3, 0.4) is 0 Å². The predicted octanol–water partition coefficient (Wildman–Crippen LogP) is 0.761. The van der Waals surface area contributed by atoms with E-state index in [4.69, 9.17) is 9.15 Å². The van der Waals surface area contributed by atoms with Crippen LogP contribution in [0.4, 0.5) is 0 Å². The second-order valence-electron chi connectivity index (χ2n) is 3.72. The SMILES string of the molecule is CC[NH+](CC)CCOC(=O)C=Cc1ccco1. The van der Waals surface area contributed by atoms with Gasteiger partial charge in [-0.1, -0.05) is 0 Å². The fourth-order valence-electron chi connectivity index (χ4n) is 1.48. The molecule has 0 fully saturated rings. The Hall–Kier alpha value is -1.55. The molecular formula is C13H20NO3+. The Morgan fingerprint density at radius 2 is 2.24 bits per heavy atom. The van der Waals surface area contributed by atoms with Crippen LogP contribution in [0.25, 0.3) is 6.08 Å². The molecular weight excluding hydrogens is 218 g/mol. The topological polar surface area (TPSA) is 43.9 Å². The van der Waals surface area contributed by atoms with Gasteiger partial charge in [0.1, 0.15) is 18.9 Å². The van der Waals surface area contributed by atoms with E-state index in [0.717, 1.165) is 19.6 Å². The van der Waals surface area contributed by atoms with Gasteiger partial charge < -0.3 is 14.1 Å². The van der Waals surface area contributed by atoms with E-state index < -0.39 is 0 Å². The van der Waals surface area contributed by atoms with E-state index in [1.807, 2.05) is 0 Å². The molecule has 0 spiro atoms. The number of likely N-dealkylation sites (N-methyl/N-ethyl adjacent to an activating group) is 1.